The number of nitrogens with one attached hydrogen (secondary N) is 1. The normalized spacial score (nSPS) is 12.0. The minimum atomic E-state index is -0.226. The lowest BCUT2D eigenvalue weighted by molar-refractivity contribution is 0.102. The maximum absolute atomic E-state index is 13.0. The number of hydrogen-bond acceptors (Lipinski definition) is 4. The lowest BCUT2D eigenvalue weighted by atomic mass is 9.94. The van der Waals surface area contributed by atoms with Gasteiger partial charge in [-0.15, -0.1) is 11.3 Å². The fourth-order valence-corrected chi connectivity index (χ4v) is 4.50. The molecule has 1 aliphatic carbocycles. The number of ether oxygens (including phenoxy) is 1. The summed E-state index contributed by atoms with van der Waals surface area (Å²) in [6.45, 7) is 0. The van der Waals surface area contributed by atoms with Crippen LogP contribution in [0.5, 0.6) is 11.5 Å². The highest BCUT2D eigenvalue weighted by Gasteiger charge is 2.22. The monoisotopic (exact) mass is 398 g/mol. The highest BCUT2D eigenvalue weighted by molar-refractivity contribution is 7.16. The third-order valence-corrected chi connectivity index (χ3v) is 5.94. The minimum Gasteiger partial charge on any atom is -0.457 e. The Bertz CT molecular complexity index is 1180. The van der Waals surface area contributed by atoms with Gasteiger partial charge in [0.1, 0.15) is 11.5 Å². The van der Waals surface area contributed by atoms with E-state index in [1.54, 1.807) is 23.5 Å². The first kappa shape index (κ1) is 17.6. The highest BCUT2D eigenvalue weighted by atomic mass is 32.1. The highest BCUT2D eigenvalue weighted by Crippen LogP contribution is 2.38. The van der Waals surface area contributed by atoms with Crippen molar-refractivity contribution < 1.29 is 9.53 Å². The van der Waals surface area contributed by atoms with Crippen molar-refractivity contribution in [2.75, 3.05) is 5.32 Å². The Labute approximate surface area is 172 Å². The van der Waals surface area contributed by atoms with Crippen LogP contribution in [0.1, 0.15) is 20.8 Å². The van der Waals surface area contributed by atoms with Crippen LogP contribution in [0, 0.1) is 0 Å². The number of nitrogens with zero attached hydrogens (tertiary/aromatic N) is 1. The molecular weight excluding hydrogens is 380 g/mol. The summed E-state index contributed by atoms with van der Waals surface area (Å²) in [5, 5.41) is 3.58. The fourth-order valence-electron chi connectivity index (χ4n) is 3.53. The SMILES string of the molecule is O=C(Nc1nc2c(s1)CCc1ccccc1-2)c1ccccc1Oc1ccccc1. The van der Waals surface area contributed by atoms with Crippen LogP contribution in [0.25, 0.3) is 11.3 Å². The van der Waals surface area contributed by atoms with Gasteiger partial charge in [-0.25, -0.2) is 4.98 Å². The van der Waals surface area contributed by atoms with Crippen molar-refractivity contribution in [3.63, 3.8) is 0 Å². The van der Waals surface area contributed by atoms with Crippen molar-refractivity contribution in [1.29, 1.82) is 0 Å². The van der Waals surface area contributed by atoms with Crippen molar-refractivity contribution in [3.05, 3.63) is 94.9 Å². The Hall–Kier alpha value is -3.44. The third-order valence-electron chi connectivity index (χ3n) is 4.91. The lowest BCUT2D eigenvalue weighted by Crippen LogP contribution is -2.12. The topological polar surface area (TPSA) is 51.2 Å². The maximum Gasteiger partial charge on any atom is 0.261 e. The second kappa shape index (κ2) is 7.53. The Balaban J connectivity index is 1.41. The van der Waals surface area contributed by atoms with E-state index in [1.165, 1.54) is 16.0 Å². The summed E-state index contributed by atoms with van der Waals surface area (Å²) >= 11 is 1.55. The molecule has 4 nitrogen and oxygen atoms in total. The van der Waals surface area contributed by atoms with Gasteiger partial charge in [-0.1, -0.05) is 54.6 Å². The molecule has 0 saturated carbocycles. The third kappa shape index (κ3) is 3.52. The average molecular weight is 398 g/mol. The van der Waals surface area contributed by atoms with E-state index in [0.29, 0.717) is 22.2 Å². The zero-order valence-corrected chi connectivity index (χ0v) is 16.4. The van der Waals surface area contributed by atoms with Gasteiger partial charge in [0.15, 0.2) is 5.13 Å². The molecule has 3 aromatic carbocycles. The lowest BCUT2D eigenvalue weighted by Gasteiger charge is -2.13. The van der Waals surface area contributed by atoms with Gasteiger partial charge in [0.2, 0.25) is 0 Å². The second-order valence-electron chi connectivity index (χ2n) is 6.81. The summed E-state index contributed by atoms with van der Waals surface area (Å²) in [6.07, 6.45) is 1.96. The smallest absolute Gasteiger partial charge is 0.261 e. The quantitative estimate of drug-likeness (QED) is 0.462. The Kier molecular flexibility index (Phi) is 4.58. The van der Waals surface area contributed by atoms with E-state index in [1.807, 2.05) is 48.5 Å². The number of carbonyl (C=O) groups excluding carboxylic acids is 1. The van der Waals surface area contributed by atoms with Gasteiger partial charge in [-0.05, 0) is 42.7 Å². The van der Waals surface area contributed by atoms with Gasteiger partial charge in [0.05, 0.1) is 11.3 Å². The fraction of sp³-hybridized carbons (Fsp3) is 0.0833. The van der Waals surface area contributed by atoms with Crippen LogP contribution >= 0.6 is 11.3 Å². The molecule has 1 N–H and O–H groups in total. The Morgan fingerprint density at radius 1 is 0.897 bits per heavy atom. The molecule has 0 fully saturated rings. The van der Waals surface area contributed by atoms with Crippen LogP contribution in [0.2, 0.25) is 0 Å². The molecule has 142 valence electrons. The van der Waals surface area contributed by atoms with Crippen LogP contribution in [0.3, 0.4) is 0 Å². The number of rotatable bonds is 4. The molecule has 4 aromatic rings. The van der Waals surface area contributed by atoms with E-state index in [9.17, 15) is 4.79 Å². The van der Waals surface area contributed by atoms with E-state index >= 15 is 0 Å². The van der Waals surface area contributed by atoms with Gasteiger partial charge in [0.25, 0.3) is 5.91 Å². The largest absolute Gasteiger partial charge is 0.457 e. The van der Waals surface area contributed by atoms with E-state index in [0.717, 1.165) is 18.5 Å². The Morgan fingerprint density at radius 2 is 1.66 bits per heavy atom. The maximum atomic E-state index is 13.0. The van der Waals surface area contributed by atoms with E-state index in [4.69, 9.17) is 9.72 Å². The number of carbonyl (C=O) groups is 1. The minimum absolute atomic E-state index is 0.226. The molecular formula is C24H18N2O2S. The second-order valence-corrected chi connectivity index (χ2v) is 7.90. The molecule has 1 aliphatic rings. The van der Waals surface area contributed by atoms with Crippen molar-refractivity contribution in [2.45, 2.75) is 12.8 Å². The molecule has 5 heteroatoms. The van der Waals surface area contributed by atoms with E-state index < -0.39 is 0 Å². The first-order valence-corrected chi connectivity index (χ1v) is 10.3. The summed E-state index contributed by atoms with van der Waals surface area (Å²) in [6, 6.07) is 25.0. The first-order chi connectivity index (χ1) is 14.3. The zero-order chi connectivity index (χ0) is 19.6. The van der Waals surface area contributed by atoms with Gasteiger partial charge >= 0.3 is 0 Å². The first-order valence-electron chi connectivity index (χ1n) is 9.49. The number of amides is 1. The molecule has 5 rings (SSSR count). The molecule has 0 spiro atoms. The number of para-hydroxylation sites is 2. The number of aryl methyl sites for hydroxylation is 2. The molecule has 1 aromatic heterocycles. The van der Waals surface area contributed by atoms with Crippen molar-refractivity contribution >= 4 is 22.4 Å². The molecule has 0 bridgehead atoms. The summed E-state index contributed by atoms with van der Waals surface area (Å²) in [5.41, 5.74) is 3.94. The number of thiazole rings is 1. The number of anilines is 1. The molecule has 1 heterocycles. The molecule has 1 amide bonds. The molecule has 0 radical (unpaired) electrons. The van der Waals surface area contributed by atoms with Crippen molar-refractivity contribution in [3.8, 4) is 22.8 Å². The number of aromatic nitrogens is 1. The van der Waals surface area contributed by atoms with Crippen LogP contribution in [-0.2, 0) is 12.8 Å². The zero-order valence-electron chi connectivity index (χ0n) is 15.6. The summed E-state index contributed by atoms with van der Waals surface area (Å²) in [5.74, 6) is 0.979. The average Bonchev–Trinajstić information content (AvgIpc) is 3.18. The molecule has 29 heavy (non-hydrogen) atoms. The van der Waals surface area contributed by atoms with Gasteiger partial charge in [0, 0.05) is 10.4 Å². The van der Waals surface area contributed by atoms with E-state index in [2.05, 4.69) is 23.5 Å². The number of benzene rings is 3. The summed E-state index contributed by atoms with van der Waals surface area (Å²) in [7, 11) is 0. The van der Waals surface area contributed by atoms with Gasteiger partial charge in [-0.3, -0.25) is 10.1 Å². The standard InChI is InChI=1S/C24H18N2O2S/c27-23(19-12-6-7-13-20(19)28-17-9-2-1-3-10-17)26-24-25-22-18-11-5-4-8-16(18)14-15-21(22)29-24/h1-13H,14-15H2,(H,25,26,27). The number of fused-ring (bicyclic) bond motifs is 3. The molecule has 0 unspecified atom stereocenters. The summed E-state index contributed by atoms with van der Waals surface area (Å²) in [4.78, 5) is 18.9. The van der Waals surface area contributed by atoms with Crippen LogP contribution in [0.4, 0.5) is 5.13 Å². The van der Waals surface area contributed by atoms with Crippen LogP contribution in [0.15, 0.2) is 78.9 Å². The van der Waals surface area contributed by atoms with Crippen molar-refractivity contribution in [2.24, 2.45) is 0 Å². The molecule has 0 atom stereocenters. The molecule has 0 aliphatic heterocycles. The van der Waals surface area contributed by atoms with Gasteiger partial charge in [-0.2, -0.15) is 0 Å². The predicted octanol–water partition coefficient (Wildman–Crippen LogP) is 5.95. The van der Waals surface area contributed by atoms with Crippen molar-refractivity contribution in [1.82, 2.24) is 4.98 Å². The Morgan fingerprint density at radius 3 is 2.55 bits per heavy atom. The predicted molar refractivity (Wildman–Crippen MR) is 116 cm³/mol. The van der Waals surface area contributed by atoms with E-state index in [-0.39, 0.29) is 5.91 Å². The van der Waals surface area contributed by atoms with Crippen LogP contribution < -0.4 is 10.1 Å². The summed E-state index contributed by atoms with van der Waals surface area (Å²) < 4.78 is 5.92. The number of hydrogen-bond donors (Lipinski definition) is 1. The van der Waals surface area contributed by atoms with Crippen LogP contribution in [-0.4, -0.2) is 10.9 Å². The molecule has 0 saturated heterocycles. The van der Waals surface area contributed by atoms with Gasteiger partial charge < -0.3 is 4.74 Å².